The number of carbonyl (C=O) groups is 1. The second-order valence-corrected chi connectivity index (χ2v) is 7.48. The number of anilines is 1. The lowest BCUT2D eigenvalue weighted by molar-refractivity contribution is -0.117. The van der Waals surface area contributed by atoms with Crippen LogP contribution >= 0.6 is 11.3 Å². The smallest absolute Gasteiger partial charge is 0.238 e. The summed E-state index contributed by atoms with van der Waals surface area (Å²) in [6.07, 6.45) is 1.02. The van der Waals surface area contributed by atoms with Gasteiger partial charge in [-0.1, -0.05) is 6.07 Å². The van der Waals surface area contributed by atoms with Crippen LogP contribution in [0, 0.1) is 0 Å². The van der Waals surface area contributed by atoms with E-state index in [-0.39, 0.29) is 10.8 Å². The van der Waals surface area contributed by atoms with Crippen molar-refractivity contribution in [3.63, 3.8) is 0 Å². The Kier molecular flexibility index (Phi) is 3.56. The van der Waals surface area contributed by atoms with E-state index in [4.69, 9.17) is 5.14 Å². The molecule has 1 aromatic heterocycles. The number of benzene rings is 1. The number of carbonyl (C=O) groups excluding carboxylic acids is 1. The van der Waals surface area contributed by atoms with Crippen LogP contribution < -0.4 is 10.0 Å². The number of hydrogen-bond donors (Lipinski definition) is 1. The Morgan fingerprint density at radius 2 is 2.14 bits per heavy atom. The zero-order valence-corrected chi connectivity index (χ0v) is 12.8. The summed E-state index contributed by atoms with van der Waals surface area (Å²) in [6.45, 7) is 0.577. The zero-order valence-electron chi connectivity index (χ0n) is 11.2. The maximum absolute atomic E-state index is 12.3. The number of rotatable bonds is 3. The van der Waals surface area contributed by atoms with E-state index in [0.29, 0.717) is 19.4 Å². The van der Waals surface area contributed by atoms with Crippen molar-refractivity contribution in [3.05, 3.63) is 46.2 Å². The molecule has 1 amide bonds. The summed E-state index contributed by atoms with van der Waals surface area (Å²) in [5.74, 6) is 0.0274. The lowest BCUT2D eigenvalue weighted by Gasteiger charge is -2.17. The van der Waals surface area contributed by atoms with Gasteiger partial charge in [0.2, 0.25) is 15.9 Å². The summed E-state index contributed by atoms with van der Waals surface area (Å²) in [6, 6.07) is 8.52. The van der Waals surface area contributed by atoms with Gasteiger partial charge in [-0.25, -0.2) is 13.6 Å². The lowest BCUT2D eigenvalue weighted by Crippen LogP contribution is -2.30. The molecule has 0 radical (unpaired) electrons. The predicted octanol–water partition coefficient (Wildman–Crippen LogP) is 1.53. The minimum Gasteiger partial charge on any atom is -0.312 e. The van der Waals surface area contributed by atoms with Crippen molar-refractivity contribution in [1.82, 2.24) is 0 Å². The van der Waals surface area contributed by atoms with E-state index in [1.54, 1.807) is 28.4 Å². The quantitative estimate of drug-likeness (QED) is 0.930. The molecule has 1 aliphatic heterocycles. The van der Waals surface area contributed by atoms with E-state index in [9.17, 15) is 13.2 Å². The van der Waals surface area contributed by atoms with E-state index >= 15 is 0 Å². The number of nitrogens with zero attached hydrogens (tertiary/aromatic N) is 1. The van der Waals surface area contributed by atoms with E-state index in [0.717, 1.165) is 16.1 Å². The number of fused-ring (bicyclic) bond motifs is 1. The topological polar surface area (TPSA) is 80.5 Å². The van der Waals surface area contributed by atoms with Crippen LogP contribution in [0.3, 0.4) is 0 Å². The highest BCUT2D eigenvalue weighted by molar-refractivity contribution is 7.89. The number of hydrogen-bond acceptors (Lipinski definition) is 4. The maximum Gasteiger partial charge on any atom is 0.238 e. The molecule has 0 bridgehead atoms. The van der Waals surface area contributed by atoms with Crippen LogP contribution in [0.1, 0.15) is 10.4 Å². The summed E-state index contributed by atoms with van der Waals surface area (Å²) >= 11 is 1.55. The van der Waals surface area contributed by atoms with Gasteiger partial charge >= 0.3 is 0 Å². The molecule has 2 heterocycles. The Labute approximate surface area is 127 Å². The monoisotopic (exact) mass is 322 g/mol. The number of nitrogens with two attached hydrogens (primary N) is 1. The minimum absolute atomic E-state index is 0.0274. The van der Waals surface area contributed by atoms with Crippen molar-refractivity contribution < 1.29 is 13.2 Å². The van der Waals surface area contributed by atoms with Gasteiger partial charge in [0.05, 0.1) is 11.3 Å². The highest BCUT2D eigenvalue weighted by Crippen LogP contribution is 2.30. The second-order valence-electron chi connectivity index (χ2n) is 4.89. The van der Waals surface area contributed by atoms with Crippen molar-refractivity contribution in [2.45, 2.75) is 17.7 Å². The van der Waals surface area contributed by atoms with Gasteiger partial charge in [-0.15, -0.1) is 11.3 Å². The summed E-state index contributed by atoms with van der Waals surface area (Å²) in [5, 5.41) is 7.07. The maximum atomic E-state index is 12.3. The first-order valence-electron chi connectivity index (χ1n) is 6.43. The van der Waals surface area contributed by atoms with Crippen LogP contribution in [0.2, 0.25) is 0 Å². The molecule has 0 saturated carbocycles. The Balaban J connectivity index is 1.85. The third-order valence-electron chi connectivity index (χ3n) is 3.48. The molecule has 0 unspecified atom stereocenters. The molecule has 0 aliphatic carbocycles. The van der Waals surface area contributed by atoms with E-state index in [1.807, 2.05) is 17.5 Å². The molecule has 0 fully saturated rings. The minimum atomic E-state index is -3.70. The van der Waals surface area contributed by atoms with Crippen LogP contribution in [-0.4, -0.2) is 20.9 Å². The third-order valence-corrected chi connectivity index (χ3v) is 5.27. The standard InChI is InChI=1S/C14H14N2O3S2/c15-21(18,19)12-3-4-13-10(8-12)5-6-16(13)14(17)9-11-2-1-7-20-11/h1-4,7-8H,5-6,9H2,(H2,15,18,19). The van der Waals surface area contributed by atoms with Gasteiger partial charge in [0.15, 0.2) is 0 Å². The Morgan fingerprint density at radius 3 is 2.81 bits per heavy atom. The van der Waals surface area contributed by atoms with Crippen LogP contribution in [0.4, 0.5) is 5.69 Å². The molecular weight excluding hydrogens is 308 g/mol. The molecule has 110 valence electrons. The molecule has 1 aromatic carbocycles. The first kappa shape index (κ1) is 14.2. The highest BCUT2D eigenvalue weighted by atomic mass is 32.2. The van der Waals surface area contributed by atoms with Gasteiger partial charge in [-0.05, 0) is 41.6 Å². The highest BCUT2D eigenvalue weighted by Gasteiger charge is 2.26. The molecule has 0 atom stereocenters. The normalized spacial score (nSPS) is 14.2. The van der Waals surface area contributed by atoms with Gasteiger partial charge in [0.25, 0.3) is 0 Å². The van der Waals surface area contributed by atoms with Gasteiger partial charge in [0.1, 0.15) is 0 Å². The summed E-state index contributed by atoms with van der Waals surface area (Å²) in [5.41, 5.74) is 1.63. The fourth-order valence-electron chi connectivity index (χ4n) is 2.47. The zero-order chi connectivity index (χ0) is 15.0. The fourth-order valence-corrected chi connectivity index (χ4v) is 3.73. The summed E-state index contributed by atoms with van der Waals surface area (Å²) in [4.78, 5) is 15.2. The number of primary sulfonamides is 1. The Hall–Kier alpha value is -1.70. The molecule has 0 saturated heterocycles. The van der Waals surface area contributed by atoms with E-state index < -0.39 is 10.0 Å². The SMILES string of the molecule is NS(=O)(=O)c1ccc2c(c1)CCN2C(=O)Cc1cccs1. The molecule has 2 N–H and O–H groups in total. The number of thiophene rings is 1. The summed E-state index contributed by atoms with van der Waals surface area (Å²) < 4.78 is 22.7. The van der Waals surface area contributed by atoms with Crippen LogP contribution in [0.25, 0.3) is 0 Å². The fraction of sp³-hybridized carbons (Fsp3) is 0.214. The Bertz CT molecular complexity index is 783. The van der Waals surface area contributed by atoms with Crippen molar-refractivity contribution in [2.24, 2.45) is 5.14 Å². The van der Waals surface area contributed by atoms with Gasteiger partial charge in [-0.2, -0.15) is 0 Å². The molecular formula is C14H14N2O3S2. The molecule has 2 aromatic rings. The first-order chi connectivity index (χ1) is 9.95. The molecule has 7 heteroatoms. The van der Waals surface area contributed by atoms with Crippen molar-refractivity contribution in [2.75, 3.05) is 11.4 Å². The first-order valence-corrected chi connectivity index (χ1v) is 8.86. The molecule has 5 nitrogen and oxygen atoms in total. The Morgan fingerprint density at radius 1 is 1.33 bits per heavy atom. The van der Waals surface area contributed by atoms with Gasteiger partial charge in [-0.3, -0.25) is 4.79 Å². The van der Waals surface area contributed by atoms with Gasteiger partial charge < -0.3 is 4.90 Å². The number of sulfonamides is 1. The summed E-state index contributed by atoms with van der Waals surface area (Å²) in [7, 11) is -3.70. The second kappa shape index (κ2) is 5.25. The van der Waals surface area contributed by atoms with E-state index in [1.165, 1.54) is 6.07 Å². The van der Waals surface area contributed by atoms with Crippen molar-refractivity contribution in [1.29, 1.82) is 0 Å². The molecule has 3 rings (SSSR count). The van der Waals surface area contributed by atoms with Crippen LogP contribution in [0.15, 0.2) is 40.6 Å². The third kappa shape index (κ3) is 2.85. The van der Waals surface area contributed by atoms with E-state index in [2.05, 4.69) is 0 Å². The van der Waals surface area contributed by atoms with Crippen LogP contribution in [-0.2, 0) is 27.7 Å². The predicted molar refractivity (Wildman–Crippen MR) is 81.9 cm³/mol. The molecule has 0 spiro atoms. The number of amides is 1. The van der Waals surface area contributed by atoms with Crippen molar-refractivity contribution >= 4 is 33.0 Å². The lowest BCUT2D eigenvalue weighted by atomic mass is 10.2. The average Bonchev–Trinajstić information content (AvgIpc) is 3.05. The molecule has 21 heavy (non-hydrogen) atoms. The van der Waals surface area contributed by atoms with Crippen molar-refractivity contribution in [3.8, 4) is 0 Å². The van der Waals surface area contributed by atoms with Gasteiger partial charge in [0, 0.05) is 17.1 Å². The molecule has 1 aliphatic rings. The largest absolute Gasteiger partial charge is 0.312 e. The van der Waals surface area contributed by atoms with Crippen LogP contribution in [0.5, 0.6) is 0 Å². The average molecular weight is 322 g/mol.